The molecular formula is C21H22F3NO3. The molecule has 2 N–H and O–H groups in total. The van der Waals surface area contributed by atoms with Gasteiger partial charge in [0, 0.05) is 11.5 Å². The third-order valence-corrected chi connectivity index (χ3v) is 5.62. The zero-order chi connectivity index (χ0) is 19.8. The fourth-order valence-electron chi connectivity index (χ4n) is 4.46. The largest absolute Gasteiger partial charge is 0.573 e. The number of phenolic OH excluding ortho intramolecular Hbond substituents is 1. The topological polar surface area (TPSA) is 50.7 Å². The highest BCUT2D eigenvalue weighted by Crippen LogP contribution is 2.49. The van der Waals surface area contributed by atoms with Crippen molar-refractivity contribution >= 4 is 0 Å². The Balaban J connectivity index is 1.60. The van der Waals surface area contributed by atoms with Gasteiger partial charge in [-0.05, 0) is 49.6 Å². The van der Waals surface area contributed by atoms with Gasteiger partial charge in [0.15, 0.2) is 0 Å². The van der Waals surface area contributed by atoms with E-state index in [2.05, 4.69) is 22.2 Å². The summed E-state index contributed by atoms with van der Waals surface area (Å²) in [4.78, 5) is 0. The summed E-state index contributed by atoms with van der Waals surface area (Å²) in [5.74, 6) is -0.578. The van der Waals surface area contributed by atoms with Crippen LogP contribution in [0.25, 0.3) is 0 Å². The SMILES string of the molecule is Oc1ccc(OC(F)(F)F)cc1C1COC2(CCCNC2c2ccccc2)C1. The Morgan fingerprint density at radius 2 is 1.93 bits per heavy atom. The molecule has 7 heteroatoms. The summed E-state index contributed by atoms with van der Waals surface area (Å²) in [7, 11) is 0. The summed E-state index contributed by atoms with van der Waals surface area (Å²) in [6.45, 7) is 1.23. The monoisotopic (exact) mass is 393 g/mol. The van der Waals surface area contributed by atoms with Crippen molar-refractivity contribution in [3.05, 3.63) is 59.7 Å². The van der Waals surface area contributed by atoms with Crippen LogP contribution in [0.5, 0.6) is 11.5 Å². The maximum atomic E-state index is 12.6. The van der Waals surface area contributed by atoms with Crippen LogP contribution in [-0.4, -0.2) is 30.2 Å². The predicted molar refractivity (Wildman–Crippen MR) is 97.3 cm³/mol. The third kappa shape index (κ3) is 3.82. The van der Waals surface area contributed by atoms with Gasteiger partial charge in [-0.2, -0.15) is 0 Å². The Labute approximate surface area is 161 Å². The van der Waals surface area contributed by atoms with Crippen molar-refractivity contribution in [3.63, 3.8) is 0 Å². The maximum Gasteiger partial charge on any atom is 0.573 e. The molecule has 3 unspecified atom stereocenters. The molecule has 2 aliphatic rings. The van der Waals surface area contributed by atoms with Gasteiger partial charge >= 0.3 is 6.36 Å². The highest BCUT2D eigenvalue weighted by molar-refractivity contribution is 5.42. The van der Waals surface area contributed by atoms with E-state index in [0.717, 1.165) is 31.0 Å². The average Bonchev–Trinajstić information content (AvgIpc) is 3.07. The van der Waals surface area contributed by atoms with E-state index in [1.54, 1.807) is 0 Å². The molecule has 0 saturated carbocycles. The van der Waals surface area contributed by atoms with E-state index >= 15 is 0 Å². The molecule has 2 saturated heterocycles. The number of halogens is 3. The Morgan fingerprint density at radius 3 is 2.68 bits per heavy atom. The number of ether oxygens (including phenoxy) is 2. The Hall–Kier alpha value is -2.25. The first-order valence-corrected chi connectivity index (χ1v) is 9.37. The lowest BCUT2D eigenvalue weighted by Crippen LogP contribution is -2.48. The van der Waals surface area contributed by atoms with Crippen molar-refractivity contribution in [2.75, 3.05) is 13.2 Å². The van der Waals surface area contributed by atoms with Gasteiger partial charge in [-0.25, -0.2) is 0 Å². The lowest BCUT2D eigenvalue weighted by atomic mass is 9.77. The van der Waals surface area contributed by atoms with Gasteiger partial charge in [0.25, 0.3) is 0 Å². The quantitative estimate of drug-likeness (QED) is 0.797. The van der Waals surface area contributed by atoms with Crippen LogP contribution in [0.2, 0.25) is 0 Å². The van der Waals surface area contributed by atoms with Gasteiger partial charge in [0.1, 0.15) is 11.5 Å². The van der Waals surface area contributed by atoms with Crippen LogP contribution < -0.4 is 10.1 Å². The molecule has 2 fully saturated rings. The van der Waals surface area contributed by atoms with Crippen molar-refractivity contribution in [3.8, 4) is 11.5 Å². The second-order valence-corrected chi connectivity index (χ2v) is 7.45. The number of hydrogen-bond acceptors (Lipinski definition) is 4. The van der Waals surface area contributed by atoms with Crippen molar-refractivity contribution in [1.82, 2.24) is 5.32 Å². The fraction of sp³-hybridized carbons (Fsp3) is 0.429. The summed E-state index contributed by atoms with van der Waals surface area (Å²) in [6.07, 6.45) is -2.34. The van der Waals surface area contributed by atoms with Gasteiger partial charge in [-0.3, -0.25) is 0 Å². The number of phenols is 1. The first-order chi connectivity index (χ1) is 13.4. The van der Waals surface area contributed by atoms with Gasteiger partial charge in [-0.15, -0.1) is 13.2 Å². The van der Waals surface area contributed by atoms with E-state index < -0.39 is 12.0 Å². The molecule has 150 valence electrons. The van der Waals surface area contributed by atoms with Crippen LogP contribution >= 0.6 is 0 Å². The first-order valence-electron chi connectivity index (χ1n) is 9.37. The summed E-state index contributed by atoms with van der Waals surface area (Å²) in [6, 6.07) is 13.7. The minimum Gasteiger partial charge on any atom is -0.508 e. The van der Waals surface area contributed by atoms with Crippen LogP contribution in [0.15, 0.2) is 48.5 Å². The van der Waals surface area contributed by atoms with E-state index in [9.17, 15) is 18.3 Å². The van der Waals surface area contributed by atoms with Gasteiger partial charge < -0.3 is 19.9 Å². The Bertz CT molecular complexity index is 827. The lowest BCUT2D eigenvalue weighted by Gasteiger charge is -2.41. The van der Waals surface area contributed by atoms with Gasteiger partial charge in [0.2, 0.25) is 0 Å². The molecule has 3 atom stereocenters. The summed E-state index contributed by atoms with van der Waals surface area (Å²) in [5, 5.41) is 13.8. The molecule has 1 spiro atoms. The zero-order valence-electron chi connectivity index (χ0n) is 15.2. The standard InChI is InChI=1S/C21H22F3NO3/c22-21(23,24)28-16-7-8-18(26)17(11-16)15-12-20(27-13-15)9-4-10-25-19(20)14-5-2-1-3-6-14/h1-3,5-8,11,15,19,25-26H,4,9-10,12-13H2. The summed E-state index contributed by atoms with van der Waals surface area (Å²) < 4.78 is 48.0. The molecule has 0 radical (unpaired) electrons. The third-order valence-electron chi connectivity index (χ3n) is 5.62. The zero-order valence-corrected chi connectivity index (χ0v) is 15.2. The lowest BCUT2D eigenvalue weighted by molar-refractivity contribution is -0.274. The number of piperidine rings is 1. The van der Waals surface area contributed by atoms with Crippen molar-refractivity contribution in [1.29, 1.82) is 0 Å². The molecule has 0 aliphatic carbocycles. The number of hydrogen-bond donors (Lipinski definition) is 2. The number of benzene rings is 2. The normalized spacial score (nSPS) is 27.8. The number of aromatic hydroxyl groups is 1. The molecule has 2 heterocycles. The van der Waals surface area contributed by atoms with E-state index in [1.165, 1.54) is 12.1 Å². The highest BCUT2D eigenvalue weighted by atomic mass is 19.4. The van der Waals surface area contributed by atoms with Crippen LogP contribution in [0, 0.1) is 0 Å². The van der Waals surface area contributed by atoms with Crippen LogP contribution in [0.3, 0.4) is 0 Å². The van der Waals surface area contributed by atoms with Crippen LogP contribution in [-0.2, 0) is 4.74 Å². The predicted octanol–water partition coefficient (Wildman–Crippen LogP) is 4.66. The van der Waals surface area contributed by atoms with Crippen LogP contribution in [0.4, 0.5) is 13.2 Å². The Morgan fingerprint density at radius 1 is 1.14 bits per heavy atom. The van der Waals surface area contributed by atoms with E-state index in [-0.39, 0.29) is 23.5 Å². The molecule has 2 aromatic carbocycles. The van der Waals surface area contributed by atoms with Gasteiger partial charge in [0.05, 0.1) is 18.2 Å². The fourth-order valence-corrected chi connectivity index (χ4v) is 4.46. The second kappa shape index (κ2) is 7.29. The molecule has 28 heavy (non-hydrogen) atoms. The molecule has 4 rings (SSSR count). The number of alkyl halides is 3. The van der Waals surface area contributed by atoms with E-state index in [0.29, 0.717) is 18.6 Å². The minimum absolute atomic E-state index is 0.00389. The second-order valence-electron chi connectivity index (χ2n) is 7.45. The maximum absolute atomic E-state index is 12.6. The molecule has 0 aromatic heterocycles. The number of nitrogens with one attached hydrogen (secondary N) is 1. The molecule has 2 aliphatic heterocycles. The molecule has 2 aromatic rings. The molecular weight excluding hydrogens is 371 g/mol. The first kappa shape index (κ1) is 19.1. The number of rotatable bonds is 3. The summed E-state index contributed by atoms with van der Waals surface area (Å²) in [5.41, 5.74) is 1.11. The smallest absolute Gasteiger partial charge is 0.508 e. The molecule has 0 amide bonds. The summed E-state index contributed by atoms with van der Waals surface area (Å²) >= 11 is 0. The highest BCUT2D eigenvalue weighted by Gasteiger charge is 2.49. The molecule has 0 bridgehead atoms. The van der Waals surface area contributed by atoms with E-state index in [1.807, 2.05) is 18.2 Å². The van der Waals surface area contributed by atoms with E-state index in [4.69, 9.17) is 4.74 Å². The van der Waals surface area contributed by atoms with Crippen molar-refractivity contribution < 1.29 is 27.8 Å². The average molecular weight is 393 g/mol. The molecule has 4 nitrogen and oxygen atoms in total. The van der Waals surface area contributed by atoms with Crippen molar-refractivity contribution in [2.24, 2.45) is 0 Å². The van der Waals surface area contributed by atoms with Crippen LogP contribution in [0.1, 0.15) is 42.3 Å². The Kier molecular flexibility index (Phi) is 4.97. The minimum atomic E-state index is -4.77. The van der Waals surface area contributed by atoms with Crippen molar-refractivity contribution in [2.45, 2.75) is 43.2 Å². The van der Waals surface area contributed by atoms with Gasteiger partial charge in [-0.1, -0.05) is 30.3 Å².